The molecule has 3 heterocycles. The Bertz CT molecular complexity index is 1240. The van der Waals surface area contributed by atoms with Crippen LogP contribution in [0.2, 0.25) is 0 Å². The molecule has 2 aliphatic heterocycles. The van der Waals surface area contributed by atoms with Gasteiger partial charge in [0.1, 0.15) is 11.5 Å². The van der Waals surface area contributed by atoms with Gasteiger partial charge in [-0.2, -0.15) is 0 Å². The number of benzene rings is 1. The topological polar surface area (TPSA) is 109 Å². The highest BCUT2D eigenvalue weighted by Crippen LogP contribution is 2.43. The molecule has 1 unspecified atom stereocenters. The summed E-state index contributed by atoms with van der Waals surface area (Å²) < 4.78 is 10.6. The van der Waals surface area contributed by atoms with Crippen LogP contribution in [-0.2, 0) is 19.7 Å². The molecule has 0 radical (unpaired) electrons. The summed E-state index contributed by atoms with van der Waals surface area (Å²) in [5.41, 5.74) is 1.76. The van der Waals surface area contributed by atoms with E-state index >= 15 is 0 Å². The van der Waals surface area contributed by atoms with Gasteiger partial charge in [-0.3, -0.25) is 14.6 Å². The van der Waals surface area contributed by atoms with Gasteiger partial charge in [-0.1, -0.05) is 26.8 Å². The summed E-state index contributed by atoms with van der Waals surface area (Å²) in [5.74, 6) is -1.30. The number of hydrogen-bond acceptors (Lipinski definition) is 7. The second kappa shape index (κ2) is 10.8. The van der Waals surface area contributed by atoms with E-state index in [0.717, 1.165) is 5.56 Å². The molecule has 38 heavy (non-hydrogen) atoms. The summed E-state index contributed by atoms with van der Waals surface area (Å²) in [4.78, 5) is 46.5. The number of Topliss-reactive ketones (excluding diaryl/α,β-unsaturated/α-hetero) is 1. The molecule has 9 nitrogen and oxygen atoms in total. The van der Waals surface area contributed by atoms with Gasteiger partial charge in [-0.05, 0) is 60.6 Å². The molecule has 0 spiro atoms. The molecule has 9 heteroatoms. The van der Waals surface area contributed by atoms with Crippen molar-refractivity contribution in [3.05, 3.63) is 65.0 Å². The molecular weight excluding hydrogens is 486 g/mol. The number of carbonyl (C=O) groups excluding carboxylic acids is 3. The highest BCUT2D eigenvalue weighted by Gasteiger charge is 2.49. The maximum Gasteiger partial charge on any atom is 0.409 e. The Hall–Kier alpha value is -3.88. The van der Waals surface area contributed by atoms with E-state index in [1.54, 1.807) is 47.3 Å². The van der Waals surface area contributed by atoms with E-state index < -0.39 is 17.7 Å². The number of ether oxygens (including phenoxy) is 2. The van der Waals surface area contributed by atoms with Gasteiger partial charge in [0.05, 0.1) is 30.9 Å². The third-order valence-corrected chi connectivity index (χ3v) is 7.21. The van der Waals surface area contributed by atoms with E-state index in [2.05, 4.69) is 25.8 Å². The van der Waals surface area contributed by atoms with Crippen LogP contribution in [0.25, 0.3) is 5.76 Å². The highest BCUT2D eigenvalue weighted by molar-refractivity contribution is 6.46. The first-order chi connectivity index (χ1) is 18.1. The van der Waals surface area contributed by atoms with Gasteiger partial charge in [0.25, 0.3) is 11.7 Å². The van der Waals surface area contributed by atoms with Crippen LogP contribution < -0.4 is 4.74 Å². The van der Waals surface area contributed by atoms with E-state index in [9.17, 15) is 19.5 Å². The zero-order valence-electron chi connectivity index (χ0n) is 22.6. The van der Waals surface area contributed by atoms with E-state index in [1.165, 1.54) is 7.11 Å². The maximum absolute atomic E-state index is 13.5. The summed E-state index contributed by atoms with van der Waals surface area (Å²) >= 11 is 0. The van der Waals surface area contributed by atoms with Gasteiger partial charge in [-0.15, -0.1) is 0 Å². The number of aromatic nitrogens is 1. The Kier molecular flexibility index (Phi) is 7.76. The molecular formula is C29H35N3O6. The number of piperidine rings is 1. The number of rotatable bonds is 5. The van der Waals surface area contributed by atoms with E-state index in [-0.39, 0.29) is 35.5 Å². The number of ketones is 1. The molecule has 2 amide bonds. The maximum atomic E-state index is 13.5. The molecule has 1 atom stereocenters. The van der Waals surface area contributed by atoms with Crippen LogP contribution >= 0.6 is 0 Å². The van der Waals surface area contributed by atoms with Crippen LogP contribution in [0.4, 0.5) is 4.79 Å². The molecule has 1 N–H and O–H groups in total. The van der Waals surface area contributed by atoms with Crippen molar-refractivity contribution in [2.24, 2.45) is 0 Å². The average molecular weight is 522 g/mol. The minimum absolute atomic E-state index is 0.0124. The van der Waals surface area contributed by atoms with Crippen molar-refractivity contribution in [1.29, 1.82) is 0 Å². The Morgan fingerprint density at radius 2 is 1.76 bits per heavy atom. The molecule has 202 valence electrons. The Morgan fingerprint density at radius 1 is 1.11 bits per heavy atom. The van der Waals surface area contributed by atoms with Crippen LogP contribution in [0.15, 0.2) is 48.3 Å². The zero-order valence-corrected chi connectivity index (χ0v) is 22.6. The lowest BCUT2D eigenvalue weighted by molar-refractivity contribution is -0.142. The number of aliphatic hydroxyl groups excluding tert-OH is 1. The van der Waals surface area contributed by atoms with Crippen LogP contribution in [0.1, 0.15) is 63.3 Å². The third kappa shape index (κ3) is 5.10. The van der Waals surface area contributed by atoms with Crippen molar-refractivity contribution in [3.8, 4) is 5.75 Å². The minimum Gasteiger partial charge on any atom is -0.507 e. The largest absolute Gasteiger partial charge is 0.507 e. The van der Waals surface area contributed by atoms with Gasteiger partial charge in [0.2, 0.25) is 0 Å². The van der Waals surface area contributed by atoms with E-state index in [4.69, 9.17) is 9.47 Å². The van der Waals surface area contributed by atoms with Crippen molar-refractivity contribution in [2.45, 2.75) is 58.0 Å². The first-order valence-corrected chi connectivity index (χ1v) is 12.9. The lowest BCUT2D eigenvalue weighted by Crippen LogP contribution is -2.48. The fraction of sp³-hybridized carbons (Fsp3) is 0.448. The fourth-order valence-electron chi connectivity index (χ4n) is 5.15. The summed E-state index contributed by atoms with van der Waals surface area (Å²) in [6, 6.07) is 7.87. The van der Waals surface area contributed by atoms with Gasteiger partial charge < -0.3 is 24.4 Å². The highest BCUT2D eigenvalue weighted by atomic mass is 16.6. The van der Waals surface area contributed by atoms with Crippen LogP contribution in [0.5, 0.6) is 5.75 Å². The number of likely N-dealkylation sites (tertiary alicyclic amines) is 2. The SMILES string of the molecule is CCOC(=O)N1CCC(N2C(=O)C(=O)/C(=C(/O)c3cc(C(C)(C)C)ccc3OC)C2c2ccncc2)CC1. The molecule has 2 aromatic rings. The molecule has 1 aromatic carbocycles. The molecule has 4 rings (SSSR count). The average Bonchev–Trinajstić information content (AvgIpc) is 3.18. The number of nitrogens with zero attached hydrogens (tertiary/aromatic N) is 3. The summed E-state index contributed by atoms with van der Waals surface area (Å²) in [7, 11) is 1.50. The van der Waals surface area contributed by atoms with Crippen LogP contribution in [-0.4, -0.2) is 70.5 Å². The summed E-state index contributed by atoms with van der Waals surface area (Å²) in [6.45, 7) is 9.00. The molecule has 2 fully saturated rings. The van der Waals surface area contributed by atoms with Crippen molar-refractivity contribution in [2.75, 3.05) is 26.8 Å². The standard InChI is InChI=1S/C29H35N3O6/c1-6-38-28(36)31-15-11-20(12-16-31)32-24(18-9-13-30-14-10-18)23(26(34)27(32)35)25(33)21-17-19(29(2,3)4)7-8-22(21)37-5/h7-10,13-14,17,20,24,33H,6,11-12,15-16H2,1-5H3/b25-23+. The summed E-state index contributed by atoms with van der Waals surface area (Å²) in [6.07, 6.45) is 3.77. The fourth-order valence-corrected chi connectivity index (χ4v) is 5.15. The lowest BCUT2D eigenvalue weighted by Gasteiger charge is -2.38. The van der Waals surface area contributed by atoms with Gasteiger partial charge in [-0.25, -0.2) is 4.79 Å². The molecule has 0 bridgehead atoms. The quantitative estimate of drug-likeness (QED) is 0.352. The minimum atomic E-state index is -0.805. The van der Waals surface area contributed by atoms with Crippen molar-refractivity contribution < 1.29 is 29.0 Å². The first-order valence-electron chi connectivity index (χ1n) is 12.9. The van der Waals surface area contributed by atoms with E-state index in [0.29, 0.717) is 42.8 Å². The normalized spacial score (nSPS) is 20.1. The van der Waals surface area contributed by atoms with Gasteiger partial charge in [0, 0.05) is 31.5 Å². The smallest absolute Gasteiger partial charge is 0.409 e. The van der Waals surface area contributed by atoms with Crippen molar-refractivity contribution in [3.63, 3.8) is 0 Å². The van der Waals surface area contributed by atoms with Crippen LogP contribution in [0.3, 0.4) is 0 Å². The number of amides is 2. The summed E-state index contributed by atoms with van der Waals surface area (Å²) in [5, 5.41) is 11.6. The first kappa shape index (κ1) is 27.2. The van der Waals surface area contributed by atoms with Gasteiger partial charge >= 0.3 is 6.09 Å². The third-order valence-electron chi connectivity index (χ3n) is 7.21. The van der Waals surface area contributed by atoms with Crippen LogP contribution in [0, 0.1) is 0 Å². The number of aliphatic hydroxyl groups is 1. The molecule has 2 saturated heterocycles. The number of hydrogen-bond donors (Lipinski definition) is 1. The molecule has 0 saturated carbocycles. The Morgan fingerprint density at radius 3 is 2.34 bits per heavy atom. The molecule has 0 aliphatic carbocycles. The zero-order chi connectivity index (χ0) is 27.6. The Labute approximate surface area is 223 Å². The molecule has 1 aromatic heterocycles. The monoisotopic (exact) mass is 521 g/mol. The second-order valence-corrected chi connectivity index (χ2v) is 10.6. The number of pyridine rings is 1. The molecule has 2 aliphatic rings. The van der Waals surface area contributed by atoms with Crippen molar-refractivity contribution in [1.82, 2.24) is 14.8 Å². The predicted molar refractivity (Wildman–Crippen MR) is 142 cm³/mol. The van der Waals surface area contributed by atoms with Crippen molar-refractivity contribution >= 4 is 23.5 Å². The van der Waals surface area contributed by atoms with Gasteiger partial charge in [0.15, 0.2) is 0 Å². The lowest BCUT2D eigenvalue weighted by atomic mass is 9.85. The number of methoxy groups -OCH3 is 1. The Balaban J connectivity index is 1.80. The predicted octanol–water partition coefficient (Wildman–Crippen LogP) is 4.43. The number of carbonyl (C=O) groups is 3. The second-order valence-electron chi connectivity index (χ2n) is 10.6. The van der Waals surface area contributed by atoms with E-state index in [1.807, 2.05) is 12.1 Å².